The third-order valence-corrected chi connectivity index (χ3v) is 4.44. The lowest BCUT2D eigenvalue weighted by atomic mass is 10.00. The van der Waals surface area contributed by atoms with Gasteiger partial charge in [-0.15, -0.1) is 12.4 Å². The lowest BCUT2D eigenvalue weighted by Gasteiger charge is -2.45. The van der Waals surface area contributed by atoms with Crippen LogP contribution in [-0.4, -0.2) is 48.2 Å². The van der Waals surface area contributed by atoms with Gasteiger partial charge in [-0.05, 0) is 45.4 Å². The summed E-state index contributed by atoms with van der Waals surface area (Å²) in [6, 6.07) is 7.97. The third-order valence-electron chi connectivity index (χ3n) is 4.44. The second-order valence-corrected chi connectivity index (χ2v) is 7.46. The summed E-state index contributed by atoms with van der Waals surface area (Å²) in [5.74, 6) is -0.0448. The van der Waals surface area contributed by atoms with E-state index in [1.165, 1.54) is 12.5 Å². The van der Waals surface area contributed by atoms with Crippen LogP contribution in [0.15, 0.2) is 24.3 Å². The lowest BCUT2D eigenvalue weighted by Crippen LogP contribution is -2.58. The SMILES string of the molecule is CC(=O)Nc1ccc(CNCC(C)(C)N2CC(C)OC(C)C2)cc1.Cl. The van der Waals surface area contributed by atoms with Gasteiger partial charge in [0.25, 0.3) is 0 Å². The molecule has 0 aromatic heterocycles. The first-order chi connectivity index (χ1) is 11.3. The number of morpholine rings is 1. The number of ether oxygens (including phenoxy) is 1. The van der Waals surface area contributed by atoms with E-state index in [1.54, 1.807) is 0 Å². The number of carbonyl (C=O) groups excluding carboxylic acids is 1. The van der Waals surface area contributed by atoms with Crippen molar-refractivity contribution in [3.8, 4) is 0 Å². The summed E-state index contributed by atoms with van der Waals surface area (Å²) < 4.78 is 5.83. The topological polar surface area (TPSA) is 53.6 Å². The number of amides is 1. The van der Waals surface area contributed by atoms with Gasteiger partial charge in [0.15, 0.2) is 0 Å². The van der Waals surface area contributed by atoms with Crippen LogP contribution in [0.5, 0.6) is 0 Å². The Bertz CT molecular complexity index is 538. The van der Waals surface area contributed by atoms with Gasteiger partial charge < -0.3 is 15.4 Å². The molecule has 0 bridgehead atoms. The average molecular weight is 370 g/mol. The van der Waals surface area contributed by atoms with E-state index in [2.05, 4.69) is 43.2 Å². The summed E-state index contributed by atoms with van der Waals surface area (Å²) in [5.41, 5.74) is 2.13. The molecule has 0 aliphatic carbocycles. The van der Waals surface area contributed by atoms with Crippen LogP contribution >= 0.6 is 12.4 Å². The number of anilines is 1. The summed E-state index contributed by atoms with van der Waals surface area (Å²) in [6.07, 6.45) is 0.573. The molecular weight excluding hydrogens is 338 g/mol. The maximum Gasteiger partial charge on any atom is 0.221 e. The van der Waals surface area contributed by atoms with Crippen LogP contribution in [0.4, 0.5) is 5.69 Å². The van der Waals surface area contributed by atoms with E-state index in [0.29, 0.717) is 0 Å². The Kier molecular flexibility index (Phi) is 8.35. The second-order valence-electron chi connectivity index (χ2n) is 7.46. The molecule has 1 aromatic rings. The van der Waals surface area contributed by atoms with Crippen molar-refractivity contribution in [1.29, 1.82) is 0 Å². The van der Waals surface area contributed by atoms with Crippen molar-refractivity contribution in [2.24, 2.45) is 0 Å². The zero-order valence-corrected chi connectivity index (χ0v) is 16.8. The highest BCUT2D eigenvalue weighted by Crippen LogP contribution is 2.20. The Morgan fingerprint density at radius 1 is 1.20 bits per heavy atom. The number of halogens is 1. The number of hydrogen-bond acceptors (Lipinski definition) is 4. The highest BCUT2D eigenvalue weighted by molar-refractivity contribution is 5.88. The van der Waals surface area contributed by atoms with Crippen molar-refractivity contribution in [3.05, 3.63) is 29.8 Å². The molecule has 1 saturated heterocycles. The molecule has 1 aliphatic heterocycles. The molecule has 1 amide bonds. The minimum Gasteiger partial charge on any atom is -0.373 e. The molecule has 1 aliphatic rings. The predicted octanol–water partition coefficient (Wildman–Crippen LogP) is 3.04. The Labute approximate surface area is 157 Å². The first-order valence-electron chi connectivity index (χ1n) is 8.74. The molecule has 0 spiro atoms. The molecule has 2 rings (SSSR count). The summed E-state index contributed by atoms with van der Waals surface area (Å²) in [4.78, 5) is 13.6. The van der Waals surface area contributed by atoms with Crippen LogP contribution in [0.2, 0.25) is 0 Å². The molecule has 1 aromatic carbocycles. The molecule has 0 radical (unpaired) electrons. The number of nitrogens with one attached hydrogen (secondary N) is 2. The zero-order chi connectivity index (χ0) is 17.7. The Morgan fingerprint density at radius 2 is 1.76 bits per heavy atom. The molecular formula is C19H32ClN3O2. The van der Waals surface area contributed by atoms with E-state index in [9.17, 15) is 4.79 Å². The summed E-state index contributed by atoms with van der Waals surface area (Å²) in [7, 11) is 0. The minimum absolute atomic E-state index is 0. The summed E-state index contributed by atoms with van der Waals surface area (Å²) >= 11 is 0. The third kappa shape index (κ3) is 6.94. The van der Waals surface area contributed by atoms with Crippen LogP contribution < -0.4 is 10.6 Å². The van der Waals surface area contributed by atoms with E-state index in [-0.39, 0.29) is 36.1 Å². The van der Waals surface area contributed by atoms with Crippen molar-refractivity contribution < 1.29 is 9.53 Å². The van der Waals surface area contributed by atoms with E-state index >= 15 is 0 Å². The number of nitrogens with zero attached hydrogens (tertiary/aromatic N) is 1. The average Bonchev–Trinajstić information content (AvgIpc) is 2.47. The van der Waals surface area contributed by atoms with E-state index in [0.717, 1.165) is 31.9 Å². The molecule has 5 nitrogen and oxygen atoms in total. The number of rotatable bonds is 6. The Morgan fingerprint density at radius 3 is 2.28 bits per heavy atom. The van der Waals surface area contributed by atoms with Crippen LogP contribution in [0, 0.1) is 0 Å². The summed E-state index contributed by atoms with van der Waals surface area (Å²) in [6.45, 7) is 14.1. The molecule has 0 saturated carbocycles. The molecule has 25 heavy (non-hydrogen) atoms. The number of carbonyl (C=O) groups is 1. The monoisotopic (exact) mass is 369 g/mol. The second kappa shape index (κ2) is 9.53. The van der Waals surface area contributed by atoms with Gasteiger partial charge in [-0.25, -0.2) is 0 Å². The van der Waals surface area contributed by atoms with Crippen LogP contribution in [0.25, 0.3) is 0 Å². The molecule has 1 fully saturated rings. The van der Waals surface area contributed by atoms with Crippen molar-refractivity contribution in [1.82, 2.24) is 10.2 Å². The lowest BCUT2D eigenvalue weighted by molar-refractivity contribution is -0.114. The van der Waals surface area contributed by atoms with Crippen molar-refractivity contribution in [2.75, 3.05) is 25.0 Å². The number of benzene rings is 1. The fraction of sp³-hybridized carbons (Fsp3) is 0.632. The van der Waals surface area contributed by atoms with Crippen LogP contribution in [0.3, 0.4) is 0 Å². The minimum atomic E-state index is -0.0448. The van der Waals surface area contributed by atoms with Gasteiger partial charge in [0.2, 0.25) is 5.91 Å². The van der Waals surface area contributed by atoms with Crippen molar-refractivity contribution in [3.63, 3.8) is 0 Å². The highest BCUT2D eigenvalue weighted by atomic mass is 35.5. The van der Waals surface area contributed by atoms with Crippen molar-refractivity contribution in [2.45, 2.75) is 58.9 Å². The predicted molar refractivity (Wildman–Crippen MR) is 105 cm³/mol. The molecule has 2 unspecified atom stereocenters. The van der Waals surface area contributed by atoms with Gasteiger partial charge in [-0.2, -0.15) is 0 Å². The van der Waals surface area contributed by atoms with Crippen LogP contribution in [-0.2, 0) is 16.1 Å². The van der Waals surface area contributed by atoms with Gasteiger partial charge >= 0.3 is 0 Å². The van der Waals surface area contributed by atoms with Crippen LogP contribution in [0.1, 0.15) is 40.2 Å². The van der Waals surface area contributed by atoms with E-state index in [4.69, 9.17) is 4.74 Å². The van der Waals surface area contributed by atoms with E-state index < -0.39 is 0 Å². The largest absolute Gasteiger partial charge is 0.373 e. The van der Waals surface area contributed by atoms with Gasteiger partial charge in [-0.3, -0.25) is 9.69 Å². The van der Waals surface area contributed by atoms with Crippen molar-refractivity contribution >= 4 is 24.0 Å². The smallest absolute Gasteiger partial charge is 0.221 e. The standard InChI is InChI=1S/C19H31N3O2.ClH/c1-14-11-22(12-15(2)24-14)19(4,5)13-20-10-17-6-8-18(9-7-17)21-16(3)23;/h6-9,14-15,20H,10-13H2,1-5H3,(H,21,23);1H. The zero-order valence-electron chi connectivity index (χ0n) is 16.0. The molecule has 142 valence electrons. The van der Waals surface area contributed by atoms with Gasteiger partial charge in [0.1, 0.15) is 0 Å². The summed E-state index contributed by atoms with van der Waals surface area (Å²) in [5, 5.41) is 6.35. The maximum absolute atomic E-state index is 11.0. The molecule has 6 heteroatoms. The first kappa shape index (κ1) is 21.9. The Hall–Kier alpha value is -1.14. The molecule has 2 atom stereocenters. The van der Waals surface area contributed by atoms with Gasteiger partial charge in [0.05, 0.1) is 12.2 Å². The Balaban J connectivity index is 0.00000312. The van der Waals surface area contributed by atoms with E-state index in [1.807, 2.05) is 24.3 Å². The molecule has 2 N–H and O–H groups in total. The maximum atomic E-state index is 11.0. The quantitative estimate of drug-likeness (QED) is 0.809. The normalized spacial score (nSPS) is 21.5. The first-order valence-corrected chi connectivity index (χ1v) is 8.74. The van der Waals surface area contributed by atoms with Gasteiger partial charge in [-0.1, -0.05) is 12.1 Å². The highest BCUT2D eigenvalue weighted by Gasteiger charge is 2.32. The fourth-order valence-electron chi connectivity index (χ4n) is 3.21. The van der Waals surface area contributed by atoms with Gasteiger partial charge in [0, 0.05) is 44.3 Å². The number of hydrogen-bond donors (Lipinski definition) is 2. The fourth-order valence-corrected chi connectivity index (χ4v) is 3.21. The molecule has 1 heterocycles.